The molecule has 1 aromatic rings. The highest BCUT2D eigenvalue weighted by Crippen LogP contribution is 2.28. The van der Waals surface area contributed by atoms with Gasteiger partial charge < -0.3 is 20.4 Å². The van der Waals surface area contributed by atoms with Gasteiger partial charge in [0.2, 0.25) is 0 Å². The summed E-state index contributed by atoms with van der Waals surface area (Å²) in [5.74, 6) is 0.465. The predicted molar refractivity (Wildman–Crippen MR) is 134 cm³/mol. The summed E-state index contributed by atoms with van der Waals surface area (Å²) >= 11 is 12.2. The molecule has 188 valence electrons. The normalized spacial score (nSPS) is 18.2. The number of halogens is 2. The number of carbonyl (C=O) groups is 2. The van der Waals surface area contributed by atoms with Crippen LogP contribution in [0.25, 0.3) is 0 Å². The number of benzene rings is 1. The van der Waals surface area contributed by atoms with Gasteiger partial charge in [0.05, 0.1) is 10.0 Å². The SMILES string of the molecule is CC(=O)O.CC(=O)O.CNC[C@@H](CCN1CC(N2CCS(=O)CC2)C1)c1ccc(Cl)c(Cl)c1. The Labute approximate surface area is 208 Å². The topological polar surface area (TPSA) is 110 Å². The Hall–Kier alpha value is -1.23. The molecular formula is C22H35Cl2N3O5S. The van der Waals surface area contributed by atoms with Gasteiger partial charge in [-0.25, -0.2) is 0 Å². The average Bonchev–Trinajstić information content (AvgIpc) is 2.68. The quantitative estimate of drug-likeness (QED) is 0.500. The zero-order valence-electron chi connectivity index (χ0n) is 19.4. The van der Waals surface area contributed by atoms with Gasteiger partial charge in [-0.1, -0.05) is 29.3 Å². The van der Waals surface area contributed by atoms with Crippen molar-refractivity contribution in [1.82, 2.24) is 15.1 Å². The van der Waals surface area contributed by atoms with Gasteiger partial charge in [-0.15, -0.1) is 0 Å². The third-order valence-electron chi connectivity index (χ3n) is 5.33. The Morgan fingerprint density at radius 2 is 1.67 bits per heavy atom. The molecule has 0 amide bonds. The Morgan fingerprint density at radius 1 is 1.12 bits per heavy atom. The highest BCUT2D eigenvalue weighted by molar-refractivity contribution is 7.85. The molecule has 2 fully saturated rings. The minimum absolute atomic E-state index is 0.441. The van der Waals surface area contributed by atoms with E-state index in [9.17, 15) is 4.21 Å². The number of likely N-dealkylation sites (tertiary alicyclic amines) is 1. The molecule has 0 spiro atoms. The van der Waals surface area contributed by atoms with Crippen molar-refractivity contribution in [2.45, 2.75) is 32.2 Å². The van der Waals surface area contributed by atoms with Gasteiger partial charge in [-0.3, -0.25) is 18.7 Å². The Bertz CT molecular complexity index is 763. The summed E-state index contributed by atoms with van der Waals surface area (Å²) in [6.07, 6.45) is 1.11. The molecule has 0 unspecified atom stereocenters. The molecule has 0 aromatic heterocycles. The van der Waals surface area contributed by atoms with Crippen molar-refractivity contribution < 1.29 is 24.0 Å². The number of hydrogen-bond donors (Lipinski definition) is 3. The Kier molecular flexibility index (Phi) is 14.1. The first-order chi connectivity index (χ1) is 15.5. The smallest absolute Gasteiger partial charge is 0.300 e. The highest BCUT2D eigenvalue weighted by Gasteiger charge is 2.33. The number of aliphatic carboxylic acids is 2. The van der Waals surface area contributed by atoms with E-state index in [1.165, 1.54) is 5.56 Å². The second-order valence-corrected chi connectivity index (χ2v) is 10.6. The summed E-state index contributed by atoms with van der Waals surface area (Å²) in [7, 11) is 1.41. The van der Waals surface area contributed by atoms with Crippen molar-refractivity contribution >= 4 is 45.9 Å². The van der Waals surface area contributed by atoms with Crippen molar-refractivity contribution in [3.05, 3.63) is 33.8 Å². The summed E-state index contributed by atoms with van der Waals surface area (Å²) in [6, 6.07) is 6.63. The van der Waals surface area contributed by atoms with Crippen LogP contribution in [-0.4, -0.2) is 100 Å². The van der Waals surface area contributed by atoms with Gasteiger partial charge in [0, 0.05) is 74.9 Å². The number of nitrogens with zero attached hydrogens (tertiary/aromatic N) is 2. The van der Waals surface area contributed by atoms with Crippen LogP contribution in [0.2, 0.25) is 10.0 Å². The van der Waals surface area contributed by atoms with Gasteiger partial charge >= 0.3 is 0 Å². The van der Waals surface area contributed by atoms with Crippen LogP contribution in [0, 0.1) is 0 Å². The second-order valence-electron chi connectivity index (χ2n) is 8.05. The second kappa shape index (κ2) is 15.6. The van der Waals surface area contributed by atoms with Gasteiger partial charge in [0.15, 0.2) is 0 Å². The molecule has 2 saturated heterocycles. The first kappa shape index (κ1) is 29.8. The van der Waals surface area contributed by atoms with Crippen molar-refractivity contribution in [3.8, 4) is 0 Å². The fourth-order valence-corrected chi connectivity index (χ4v) is 5.10. The third kappa shape index (κ3) is 12.2. The van der Waals surface area contributed by atoms with Crippen LogP contribution >= 0.6 is 23.2 Å². The van der Waals surface area contributed by atoms with E-state index >= 15 is 0 Å². The summed E-state index contributed by atoms with van der Waals surface area (Å²) in [5, 5.41) is 19.4. The number of carboxylic acids is 2. The standard InChI is InChI=1S/C18H27Cl2N3OS.2C2H4O2/c1-21-11-15(14-2-3-17(19)18(20)10-14)4-5-22-12-16(13-22)23-6-8-25(24)9-7-23;2*1-2(3)4/h2-3,10,15-16,21H,4-9,11-13H2,1H3;2*1H3,(H,3,4)/t15-;;/m1../s1. The Balaban J connectivity index is 0.000000591. The van der Waals surface area contributed by atoms with Gasteiger partial charge in [0.1, 0.15) is 0 Å². The van der Waals surface area contributed by atoms with E-state index in [-0.39, 0.29) is 0 Å². The van der Waals surface area contributed by atoms with E-state index in [0.717, 1.165) is 71.0 Å². The van der Waals surface area contributed by atoms with Gasteiger partial charge in [-0.2, -0.15) is 0 Å². The molecule has 2 aliphatic rings. The van der Waals surface area contributed by atoms with Crippen LogP contribution < -0.4 is 5.32 Å². The minimum atomic E-state index is -0.833. The zero-order valence-corrected chi connectivity index (χ0v) is 21.8. The van der Waals surface area contributed by atoms with Gasteiger partial charge in [-0.05, 0) is 43.6 Å². The first-order valence-electron chi connectivity index (χ1n) is 10.8. The summed E-state index contributed by atoms with van der Waals surface area (Å²) in [6.45, 7) is 8.48. The predicted octanol–water partition coefficient (Wildman–Crippen LogP) is 2.62. The lowest BCUT2D eigenvalue weighted by atomic mass is 9.94. The van der Waals surface area contributed by atoms with Crippen molar-refractivity contribution in [2.24, 2.45) is 0 Å². The molecule has 1 aromatic carbocycles. The number of likely N-dealkylation sites (N-methyl/N-ethyl adjacent to an activating group) is 1. The first-order valence-corrected chi connectivity index (χ1v) is 13.1. The van der Waals surface area contributed by atoms with Crippen molar-refractivity contribution in [3.63, 3.8) is 0 Å². The molecule has 3 rings (SSSR count). The van der Waals surface area contributed by atoms with E-state index in [1.54, 1.807) is 0 Å². The molecule has 1 atom stereocenters. The maximum absolute atomic E-state index is 11.5. The lowest BCUT2D eigenvalue weighted by Crippen LogP contribution is -2.61. The Morgan fingerprint density at radius 3 is 2.15 bits per heavy atom. The number of nitrogens with one attached hydrogen (secondary N) is 1. The molecule has 0 saturated carbocycles. The minimum Gasteiger partial charge on any atom is -0.481 e. The van der Waals surface area contributed by atoms with Crippen LogP contribution in [0.4, 0.5) is 0 Å². The number of rotatable bonds is 7. The molecule has 0 radical (unpaired) electrons. The van der Waals surface area contributed by atoms with Crippen LogP contribution in [0.5, 0.6) is 0 Å². The van der Waals surface area contributed by atoms with E-state index in [1.807, 2.05) is 19.2 Å². The monoisotopic (exact) mass is 523 g/mol. The number of carboxylic acid groups (broad SMARTS) is 2. The van der Waals surface area contributed by atoms with Crippen molar-refractivity contribution in [2.75, 3.05) is 57.8 Å². The molecule has 33 heavy (non-hydrogen) atoms. The van der Waals surface area contributed by atoms with Gasteiger partial charge in [0.25, 0.3) is 11.9 Å². The molecule has 8 nitrogen and oxygen atoms in total. The molecule has 3 N–H and O–H groups in total. The molecule has 2 heterocycles. The van der Waals surface area contributed by atoms with E-state index in [0.29, 0.717) is 22.0 Å². The molecule has 11 heteroatoms. The molecular weight excluding hydrogens is 489 g/mol. The fourth-order valence-electron chi connectivity index (χ4n) is 3.71. The lowest BCUT2D eigenvalue weighted by molar-refractivity contribution is -0.135. The van der Waals surface area contributed by atoms with Crippen LogP contribution in [0.3, 0.4) is 0 Å². The average molecular weight is 525 g/mol. The highest BCUT2D eigenvalue weighted by atomic mass is 35.5. The van der Waals surface area contributed by atoms with E-state index < -0.39 is 22.7 Å². The van der Waals surface area contributed by atoms with Crippen LogP contribution in [0.1, 0.15) is 31.7 Å². The molecule has 2 aliphatic heterocycles. The summed E-state index contributed by atoms with van der Waals surface area (Å²) < 4.78 is 11.5. The van der Waals surface area contributed by atoms with E-state index in [2.05, 4.69) is 21.2 Å². The third-order valence-corrected chi connectivity index (χ3v) is 7.34. The summed E-state index contributed by atoms with van der Waals surface area (Å²) in [4.78, 5) is 23.0. The molecule has 0 bridgehead atoms. The summed E-state index contributed by atoms with van der Waals surface area (Å²) in [5.41, 5.74) is 1.25. The maximum atomic E-state index is 11.5. The fraction of sp³-hybridized carbons (Fsp3) is 0.636. The number of hydrogen-bond acceptors (Lipinski definition) is 6. The molecule has 0 aliphatic carbocycles. The maximum Gasteiger partial charge on any atom is 0.300 e. The van der Waals surface area contributed by atoms with E-state index in [4.69, 9.17) is 43.0 Å². The van der Waals surface area contributed by atoms with Crippen molar-refractivity contribution in [1.29, 1.82) is 0 Å². The zero-order chi connectivity index (χ0) is 25.0. The van der Waals surface area contributed by atoms with Crippen LogP contribution in [-0.2, 0) is 20.4 Å². The van der Waals surface area contributed by atoms with Crippen LogP contribution in [0.15, 0.2) is 18.2 Å². The largest absolute Gasteiger partial charge is 0.481 e. The lowest BCUT2D eigenvalue weighted by Gasteiger charge is -2.47.